The van der Waals surface area contributed by atoms with Crippen LogP contribution >= 0.6 is 0 Å². The van der Waals surface area contributed by atoms with Gasteiger partial charge in [-0.3, -0.25) is 0 Å². The lowest BCUT2D eigenvalue weighted by Crippen LogP contribution is -2.55. The van der Waals surface area contributed by atoms with E-state index in [1.807, 2.05) is 6.08 Å². The summed E-state index contributed by atoms with van der Waals surface area (Å²) in [5.41, 5.74) is 1.01. The molecule has 130 valence electrons. The van der Waals surface area contributed by atoms with Gasteiger partial charge in [0.15, 0.2) is 0 Å². The van der Waals surface area contributed by atoms with Crippen molar-refractivity contribution in [3.05, 3.63) is 11.6 Å². The minimum atomic E-state index is -0.674. The Bertz CT molecular complexity index is 531. The summed E-state index contributed by atoms with van der Waals surface area (Å²) in [6.07, 6.45) is 4.85. The molecule has 0 amide bonds. The van der Waals surface area contributed by atoms with Crippen LogP contribution in [-0.2, 0) is 0 Å². The van der Waals surface area contributed by atoms with Gasteiger partial charge in [0.25, 0.3) is 0 Å². The average molecular weight is 322 g/mol. The van der Waals surface area contributed by atoms with Gasteiger partial charge in [0.2, 0.25) is 0 Å². The van der Waals surface area contributed by atoms with Crippen molar-refractivity contribution in [1.82, 2.24) is 0 Å². The predicted octanol–water partition coefficient (Wildman–Crippen LogP) is 1.61. The third-order valence-corrected chi connectivity index (χ3v) is 8.08. The first-order chi connectivity index (χ1) is 10.8. The molecule has 4 heteroatoms. The van der Waals surface area contributed by atoms with E-state index in [1.54, 1.807) is 0 Å². The number of fused-ring (bicyclic) bond motifs is 5. The van der Waals surface area contributed by atoms with Gasteiger partial charge in [-0.2, -0.15) is 0 Å². The molecule has 4 aliphatic rings. The summed E-state index contributed by atoms with van der Waals surface area (Å²) in [5, 5.41) is 41.6. The van der Waals surface area contributed by atoms with Crippen molar-refractivity contribution < 1.29 is 20.4 Å². The summed E-state index contributed by atoms with van der Waals surface area (Å²) in [6, 6.07) is 0. The molecule has 2 unspecified atom stereocenters. The molecule has 0 aliphatic heterocycles. The Kier molecular flexibility index (Phi) is 3.52. The van der Waals surface area contributed by atoms with Crippen LogP contribution in [0.1, 0.15) is 52.4 Å². The van der Waals surface area contributed by atoms with Crippen LogP contribution in [-0.4, -0.2) is 44.8 Å². The molecule has 0 heterocycles. The van der Waals surface area contributed by atoms with Gasteiger partial charge in [-0.05, 0) is 67.1 Å². The number of hydrogen-bond donors (Lipinski definition) is 4. The van der Waals surface area contributed by atoms with E-state index in [0.29, 0.717) is 18.8 Å². The van der Waals surface area contributed by atoms with E-state index < -0.39 is 18.3 Å². The second-order valence-electron chi connectivity index (χ2n) is 9.08. The second-order valence-corrected chi connectivity index (χ2v) is 9.08. The quantitative estimate of drug-likeness (QED) is 0.511. The summed E-state index contributed by atoms with van der Waals surface area (Å²) in [4.78, 5) is 0. The highest BCUT2D eigenvalue weighted by atomic mass is 16.3. The minimum Gasteiger partial charge on any atom is -0.393 e. The highest BCUT2D eigenvalue weighted by Gasteiger charge is 2.62. The van der Waals surface area contributed by atoms with Gasteiger partial charge in [0.05, 0.1) is 24.4 Å². The highest BCUT2D eigenvalue weighted by molar-refractivity contribution is 5.28. The molecule has 0 aromatic heterocycles. The van der Waals surface area contributed by atoms with Gasteiger partial charge in [-0.25, -0.2) is 0 Å². The molecule has 4 N–H and O–H groups in total. The zero-order valence-electron chi connectivity index (χ0n) is 14.2. The lowest BCUT2D eigenvalue weighted by Gasteiger charge is -2.58. The molecule has 4 rings (SSSR count). The zero-order chi connectivity index (χ0) is 16.6. The van der Waals surface area contributed by atoms with E-state index in [1.165, 1.54) is 5.57 Å². The second kappa shape index (κ2) is 5.04. The van der Waals surface area contributed by atoms with Crippen LogP contribution in [0.5, 0.6) is 0 Å². The van der Waals surface area contributed by atoms with E-state index in [0.717, 1.165) is 25.7 Å². The average Bonchev–Trinajstić information content (AvgIpc) is 2.73. The number of hydrogen-bond acceptors (Lipinski definition) is 4. The summed E-state index contributed by atoms with van der Waals surface area (Å²) in [5.74, 6) is 0.674. The molecular formula is C19H30O4. The van der Waals surface area contributed by atoms with Gasteiger partial charge in [-0.15, -0.1) is 0 Å². The summed E-state index contributed by atoms with van der Waals surface area (Å²) in [7, 11) is 0. The maximum absolute atomic E-state index is 10.9. The van der Waals surface area contributed by atoms with Gasteiger partial charge in [-0.1, -0.05) is 25.5 Å². The van der Waals surface area contributed by atoms with Gasteiger partial charge in [0.1, 0.15) is 0 Å². The third-order valence-electron chi connectivity index (χ3n) is 8.08. The molecule has 0 aromatic rings. The topological polar surface area (TPSA) is 80.9 Å². The van der Waals surface area contributed by atoms with E-state index in [2.05, 4.69) is 13.8 Å². The van der Waals surface area contributed by atoms with Crippen LogP contribution in [0.15, 0.2) is 11.6 Å². The van der Waals surface area contributed by atoms with E-state index in [4.69, 9.17) is 0 Å². The zero-order valence-corrected chi connectivity index (χ0v) is 14.2. The first-order valence-corrected chi connectivity index (χ1v) is 9.21. The van der Waals surface area contributed by atoms with Crippen molar-refractivity contribution in [1.29, 1.82) is 0 Å². The van der Waals surface area contributed by atoms with E-state index in [9.17, 15) is 20.4 Å². The molecule has 0 bridgehead atoms. The number of aliphatic hydroxyl groups excluding tert-OH is 4. The number of aliphatic hydroxyl groups is 4. The van der Waals surface area contributed by atoms with Gasteiger partial charge >= 0.3 is 0 Å². The molecule has 0 aromatic carbocycles. The smallest absolute Gasteiger partial charge is 0.0855 e. The maximum Gasteiger partial charge on any atom is 0.0855 e. The molecule has 9 atom stereocenters. The normalized spacial score (nSPS) is 58.9. The summed E-state index contributed by atoms with van der Waals surface area (Å²) >= 11 is 0. The van der Waals surface area contributed by atoms with Crippen LogP contribution in [0.25, 0.3) is 0 Å². The van der Waals surface area contributed by atoms with E-state index >= 15 is 0 Å². The van der Waals surface area contributed by atoms with Crippen LogP contribution in [0.2, 0.25) is 0 Å². The number of rotatable bonds is 0. The molecule has 23 heavy (non-hydrogen) atoms. The molecule has 0 radical (unpaired) electrons. The first-order valence-electron chi connectivity index (χ1n) is 9.21. The fourth-order valence-electron chi connectivity index (χ4n) is 6.62. The van der Waals surface area contributed by atoms with E-state index in [-0.39, 0.29) is 28.8 Å². The van der Waals surface area contributed by atoms with Gasteiger partial charge < -0.3 is 20.4 Å². The lowest BCUT2D eigenvalue weighted by molar-refractivity contribution is -0.110. The predicted molar refractivity (Wildman–Crippen MR) is 86.5 cm³/mol. The van der Waals surface area contributed by atoms with Crippen molar-refractivity contribution in [3.8, 4) is 0 Å². The Balaban J connectivity index is 1.73. The molecule has 0 spiro atoms. The Morgan fingerprint density at radius 2 is 1.74 bits per heavy atom. The molecule has 3 fully saturated rings. The van der Waals surface area contributed by atoms with Gasteiger partial charge in [0, 0.05) is 0 Å². The van der Waals surface area contributed by atoms with Crippen LogP contribution in [0.4, 0.5) is 0 Å². The minimum absolute atomic E-state index is 0.0585. The molecule has 3 saturated carbocycles. The Labute approximate surface area is 138 Å². The van der Waals surface area contributed by atoms with Crippen molar-refractivity contribution in [2.45, 2.75) is 76.8 Å². The molecule has 0 saturated heterocycles. The van der Waals surface area contributed by atoms with Crippen molar-refractivity contribution in [2.24, 2.45) is 28.6 Å². The fraction of sp³-hybridized carbons (Fsp3) is 0.895. The highest BCUT2D eigenvalue weighted by Crippen LogP contribution is 2.64. The Morgan fingerprint density at radius 3 is 2.48 bits per heavy atom. The standard InChI is InChI=1S/C19H30O4/c1-18-5-3-11(20)7-10(18)8-14(21)16-12(18)4-6-19(2)13(16)9-15(22)17(19)23/h8,11-17,20-23H,3-7,9H2,1-2H3/t11?,12-,13-,14+,15+,16+,17?,18-,19-/m0/s1. The van der Waals surface area contributed by atoms with Crippen molar-refractivity contribution in [2.75, 3.05) is 0 Å². The van der Waals surface area contributed by atoms with Crippen LogP contribution < -0.4 is 0 Å². The SMILES string of the molecule is C[C@]12CCC(O)CC1=C[C@@H](O)[C@@H]1[C@@H]2CC[C@]2(C)C(O)[C@H](O)C[C@@H]12. The fourth-order valence-corrected chi connectivity index (χ4v) is 6.62. The Morgan fingerprint density at radius 1 is 1.00 bits per heavy atom. The maximum atomic E-state index is 10.9. The largest absolute Gasteiger partial charge is 0.393 e. The van der Waals surface area contributed by atoms with Crippen molar-refractivity contribution in [3.63, 3.8) is 0 Å². The molecular weight excluding hydrogens is 292 g/mol. The summed E-state index contributed by atoms with van der Waals surface area (Å²) in [6.45, 7) is 4.40. The molecule has 4 aliphatic carbocycles. The molecule has 4 nitrogen and oxygen atoms in total. The monoisotopic (exact) mass is 322 g/mol. The Hall–Kier alpha value is -0.420. The third kappa shape index (κ3) is 2.05. The lowest BCUT2D eigenvalue weighted by atomic mass is 9.47. The first kappa shape index (κ1) is 16.1. The van der Waals surface area contributed by atoms with Crippen LogP contribution in [0.3, 0.4) is 0 Å². The summed E-state index contributed by atoms with van der Waals surface area (Å²) < 4.78 is 0. The van der Waals surface area contributed by atoms with Crippen LogP contribution in [0, 0.1) is 28.6 Å². The van der Waals surface area contributed by atoms with Crippen molar-refractivity contribution >= 4 is 0 Å².